The minimum Gasteiger partial charge on any atom is -0.466 e. The van der Waals surface area contributed by atoms with E-state index in [1.165, 1.54) is 58.7 Å². The number of likely N-dealkylation sites (tertiary alicyclic amines) is 1. The average molecular weight is 296 g/mol. The van der Waals surface area contributed by atoms with Crippen molar-refractivity contribution >= 4 is 5.97 Å². The van der Waals surface area contributed by atoms with Gasteiger partial charge in [-0.1, -0.05) is 18.9 Å². The van der Waals surface area contributed by atoms with Crippen molar-refractivity contribution in [2.45, 2.75) is 57.4 Å². The second-order valence-electron chi connectivity index (χ2n) is 6.43. The zero-order valence-corrected chi connectivity index (χ0v) is 13.4. The highest BCUT2D eigenvalue weighted by Gasteiger charge is 2.29. The van der Waals surface area contributed by atoms with Crippen LogP contribution in [-0.4, -0.2) is 43.7 Å². The summed E-state index contributed by atoms with van der Waals surface area (Å²) >= 11 is 0. The highest BCUT2D eigenvalue weighted by Crippen LogP contribution is 2.33. The van der Waals surface area contributed by atoms with Gasteiger partial charge in [0.25, 0.3) is 0 Å². The molecule has 0 aromatic heterocycles. The molecule has 1 saturated heterocycles. The fraction of sp³-hybridized carbons (Fsp3) is 0.824. The van der Waals surface area contributed by atoms with E-state index in [0.717, 1.165) is 24.5 Å². The van der Waals surface area contributed by atoms with Crippen LogP contribution in [0.25, 0.3) is 0 Å². The van der Waals surface area contributed by atoms with Crippen LogP contribution in [0.2, 0.25) is 0 Å². The van der Waals surface area contributed by atoms with Crippen molar-refractivity contribution in [2.75, 3.05) is 26.7 Å². The first kappa shape index (κ1) is 16.5. The first-order valence-electron chi connectivity index (χ1n) is 8.46. The van der Waals surface area contributed by atoms with Crippen molar-refractivity contribution in [3.05, 3.63) is 11.6 Å². The lowest BCUT2D eigenvalue weighted by atomic mass is 9.81. The molecule has 1 aliphatic carbocycles. The summed E-state index contributed by atoms with van der Waals surface area (Å²) in [7, 11) is 1.46. The fourth-order valence-electron chi connectivity index (χ4n) is 3.84. The Kier molecular flexibility index (Phi) is 6.71. The number of nitrogens with two attached hydrogens (primary N) is 1. The van der Waals surface area contributed by atoms with Crippen LogP contribution in [0.5, 0.6) is 0 Å². The number of hydrogen-bond acceptors (Lipinski definition) is 4. The van der Waals surface area contributed by atoms with Crippen LogP contribution < -0.4 is 5.73 Å². The zero-order chi connectivity index (χ0) is 15.1. The van der Waals surface area contributed by atoms with Crippen LogP contribution in [0.15, 0.2) is 11.6 Å². The van der Waals surface area contributed by atoms with Gasteiger partial charge in [0.05, 0.1) is 7.11 Å². The molecule has 0 bridgehead atoms. The zero-order valence-electron chi connectivity index (χ0n) is 13.4. The second-order valence-corrected chi connectivity index (χ2v) is 6.43. The molecule has 0 radical (unpaired) electrons. The smallest absolute Gasteiger partial charge is 0.333 e. The summed E-state index contributed by atoms with van der Waals surface area (Å²) in [6.45, 7) is 3.12. The molecule has 1 heterocycles. The van der Waals surface area contributed by atoms with Gasteiger partial charge in [0.15, 0.2) is 0 Å². The lowest BCUT2D eigenvalue weighted by molar-refractivity contribution is -0.136. The predicted octanol–water partition coefficient (Wildman–Crippen LogP) is 2.73. The molecule has 122 valence electrons. The molecule has 0 unspecified atom stereocenters. The predicted molar refractivity (Wildman–Crippen MR) is 87.1 cm³/mol. The molecule has 2 aliphatic rings. The van der Waals surface area contributed by atoms with Gasteiger partial charge in [-0.05, 0) is 64.1 Å². The van der Waals surface area contributed by atoms with Crippen molar-refractivity contribution < 1.29 is 11.0 Å². The SMILES string of the molecule is COC(=O)/C(=C\CCN)C[C@@H]1CCC[C@@H](N2CCCC2)C1.[HH]. The molecule has 21 heavy (non-hydrogen) atoms. The number of carbonyl (C=O) groups is 1. The Bertz CT molecular complexity index is 368. The molecule has 2 fully saturated rings. The molecular formula is C17H32N2O2. The van der Waals surface area contributed by atoms with Gasteiger partial charge in [-0.3, -0.25) is 0 Å². The second kappa shape index (κ2) is 8.54. The lowest BCUT2D eigenvalue weighted by Gasteiger charge is -2.35. The van der Waals surface area contributed by atoms with Gasteiger partial charge in [0, 0.05) is 13.0 Å². The van der Waals surface area contributed by atoms with Crippen molar-refractivity contribution in [3.63, 3.8) is 0 Å². The number of carbonyl (C=O) groups excluding carboxylic acids is 1. The Morgan fingerprint density at radius 2 is 2.10 bits per heavy atom. The van der Waals surface area contributed by atoms with E-state index in [0.29, 0.717) is 12.5 Å². The van der Waals surface area contributed by atoms with Gasteiger partial charge in [-0.25, -0.2) is 4.79 Å². The Labute approximate surface area is 130 Å². The van der Waals surface area contributed by atoms with E-state index < -0.39 is 0 Å². The maximum atomic E-state index is 11.9. The Morgan fingerprint density at radius 3 is 2.76 bits per heavy atom. The van der Waals surface area contributed by atoms with Gasteiger partial charge < -0.3 is 15.4 Å². The van der Waals surface area contributed by atoms with Crippen LogP contribution in [0.1, 0.15) is 52.8 Å². The quantitative estimate of drug-likeness (QED) is 0.605. The molecule has 0 spiro atoms. The molecule has 2 rings (SSSR count). The number of hydrogen-bond donors (Lipinski definition) is 1. The summed E-state index contributed by atoms with van der Waals surface area (Å²) in [5.41, 5.74) is 6.38. The number of nitrogens with zero attached hydrogens (tertiary/aromatic N) is 1. The van der Waals surface area contributed by atoms with Gasteiger partial charge in [-0.15, -0.1) is 0 Å². The van der Waals surface area contributed by atoms with Crippen molar-refractivity contribution in [3.8, 4) is 0 Å². The fourth-order valence-corrected chi connectivity index (χ4v) is 3.84. The number of methoxy groups -OCH3 is 1. The average Bonchev–Trinajstić information content (AvgIpc) is 3.05. The number of ether oxygens (including phenoxy) is 1. The largest absolute Gasteiger partial charge is 0.466 e. The monoisotopic (exact) mass is 296 g/mol. The number of rotatable bonds is 6. The van der Waals surface area contributed by atoms with E-state index in [-0.39, 0.29) is 7.40 Å². The molecule has 0 aromatic carbocycles. The van der Waals surface area contributed by atoms with Crippen LogP contribution in [0.4, 0.5) is 0 Å². The van der Waals surface area contributed by atoms with Crippen molar-refractivity contribution in [1.29, 1.82) is 0 Å². The molecule has 2 atom stereocenters. The molecule has 0 aromatic rings. The summed E-state index contributed by atoms with van der Waals surface area (Å²) in [5, 5.41) is 0. The summed E-state index contributed by atoms with van der Waals surface area (Å²) in [6.07, 6.45) is 11.4. The molecule has 4 heteroatoms. The standard InChI is InChI=1S/C17H30N2O2.H2/c1-21-17(20)15(7-5-9-18)12-14-6-4-8-16(13-14)19-10-2-3-11-19;/h7,14,16H,2-6,8-13,18H2,1H3;1H/b15-7-;/t14-,16+;/m0./s1. The Morgan fingerprint density at radius 1 is 1.33 bits per heavy atom. The molecule has 4 nitrogen and oxygen atoms in total. The van der Waals surface area contributed by atoms with E-state index in [2.05, 4.69) is 4.90 Å². The lowest BCUT2D eigenvalue weighted by Crippen LogP contribution is -2.37. The summed E-state index contributed by atoms with van der Waals surface area (Å²) < 4.78 is 4.92. The van der Waals surface area contributed by atoms with Crippen LogP contribution in [-0.2, 0) is 9.53 Å². The van der Waals surface area contributed by atoms with E-state index in [4.69, 9.17) is 10.5 Å². The normalized spacial score (nSPS) is 27.8. The summed E-state index contributed by atoms with van der Waals surface area (Å²) in [4.78, 5) is 14.5. The van der Waals surface area contributed by atoms with Crippen molar-refractivity contribution in [2.24, 2.45) is 11.7 Å². The van der Waals surface area contributed by atoms with Crippen molar-refractivity contribution in [1.82, 2.24) is 4.90 Å². The highest BCUT2D eigenvalue weighted by molar-refractivity contribution is 5.88. The third kappa shape index (κ3) is 4.82. The maximum absolute atomic E-state index is 11.9. The first-order valence-corrected chi connectivity index (χ1v) is 8.46. The van der Waals surface area contributed by atoms with Crippen LogP contribution in [0, 0.1) is 5.92 Å². The Balaban J connectivity index is 0.00000242. The van der Waals surface area contributed by atoms with Gasteiger partial charge in [0.2, 0.25) is 0 Å². The van der Waals surface area contributed by atoms with Gasteiger partial charge >= 0.3 is 5.97 Å². The van der Waals surface area contributed by atoms with Gasteiger partial charge in [-0.2, -0.15) is 0 Å². The summed E-state index contributed by atoms with van der Waals surface area (Å²) in [5.74, 6) is 0.444. The van der Waals surface area contributed by atoms with Crippen LogP contribution >= 0.6 is 0 Å². The molecule has 1 aliphatic heterocycles. The third-order valence-electron chi connectivity index (χ3n) is 4.93. The first-order chi connectivity index (χ1) is 10.2. The minimum absolute atomic E-state index is 0. The minimum atomic E-state index is -0.174. The summed E-state index contributed by atoms with van der Waals surface area (Å²) in [6, 6.07) is 0.736. The molecular weight excluding hydrogens is 264 g/mol. The van der Waals surface area contributed by atoms with E-state index >= 15 is 0 Å². The highest BCUT2D eigenvalue weighted by atomic mass is 16.5. The topological polar surface area (TPSA) is 55.6 Å². The molecule has 0 amide bonds. The third-order valence-corrected chi connectivity index (χ3v) is 4.93. The Hall–Kier alpha value is -0.870. The van der Waals surface area contributed by atoms with E-state index in [1.807, 2.05) is 6.08 Å². The maximum Gasteiger partial charge on any atom is 0.333 e. The number of esters is 1. The van der Waals surface area contributed by atoms with Crippen LogP contribution in [0.3, 0.4) is 0 Å². The molecule has 2 N–H and O–H groups in total. The van der Waals surface area contributed by atoms with E-state index in [1.54, 1.807) is 0 Å². The molecule has 1 saturated carbocycles. The van der Waals surface area contributed by atoms with E-state index in [9.17, 15) is 4.79 Å². The van der Waals surface area contributed by atoms with Gasteiger partial charge in [0.1, 0.15) is 0 Å².